The number of rotatable bonds is 2. The highest BCUT2D eigenvalue weighted by molar-refractivity contribution is 6.30. The van der Waals surface area contributed by atoms with Gasteiger partial charge in [-0.15, -0.1) is 0 Å². The van der Waals surface area contributed by atoms with Crippen molar-refractivity contribution in [2.75, 3.05) is 0 Å². The Balaban J connectivity index is 2.57. The van der Waals surface area contributed by atoms with E-state index in [9.17, 15) is 18.3 Å². The van der Waals surface area contributed by atoms with Crippen LogP contribution in [0.5, 0.6) is 0 Å². The normalized spacial score (nSPS) is 14.2. The van der Waals surface area contributed by atoms with Crippen molar-refractivity contribution in [2.45, 2.75) is 12.5 Å². The van der Waals surface area contributed by atoms with E-state index in [1.165, 1.54) is 19.1 Å². The van der Waals surface area contributed by atoms with E-state index in [4.69, 9.17) is 11.6 Å². The van der Waals surface area contributed by atoms with E-state index in [2.05, 4.69) is 0 Å². The van der Waals surface area contributed by atoms with Gasteiger partial charge in [0, 0.05) is 16.7 Å². The predicted molar refractivity (Wildman–Crippen MR) is 66.4 cm³/mol. The first-order valence-electron chi connectivity index (χ1n) is 5.45. The zero-order valence-corrected chi connectivity index (χ0v) is 10.7. The molecule has 100 valence electrons. The standard InChI is InChI=1S/C14H10ClF3O/c1-14(19,8-4-10(16)7-11(17)5-8)12-3-2-9(15)6-13(12)18/h2-7,19H,1H3. The van der Waals surface area contributed by atoms with Crippen LogP contribution in [0.3, 0.4) is 0 Å². The summed E-state index contributed by atoms with van der Waals surface area (Å²) in [6.07, 6.45) is 0. The molecular weight excluding hydrogens is 277 g/mol. The van der Waals surface area contributed by atoms with Crippen LogP contribution in [0.4, 0.5) is 13.2 Å². The molecule has 5 heteroatoms. The Morgan fingerprint density at radius 3 is 2.11 bits per heavy atom. The molecule has 0 spiro atoms. The second-order valence-corrected chi connectivity index (χ2v) is 4.79. The van der Waals surface area contributed by atoms with Gasteiger partial charge in [0.2, 0.25) is 0 Å². The molecule has 0 radical (unpaired) electrons. The lowest BCUT2D eigenvalue weighted by Gasteiger charge is -2.25. The van der Waals surface area contributed by atoms with Gasteiger partial charge in [0.05, 0.1) is 0 Å². The van der Waals surface area contributed by atoms with E-state index in [0.29, 0.717) is 6.07 Å². The highest BCUT2D eigenvalue weighted by atomic mass is 35.5. The topological polar surface area (TPSA) is 20.2 Å². The predicted octanol–water partition coefficient (Wildman–Crippen LogP) is 4.01. The Hall–Kier alpha value is -1.52. The van der Waals surface area contributed by atoms with Crippen molar-refractivity contribution in [3.63, 3.8) is 0 Å². The molecule has 0 amide bonds. The molecule has 2 rings (SSSR count). The van der Waals surface area contributed by atoms with Gasteiger partial charge in [-0.05, 0) is 36.8 Å². The first-order chi connectivity index (χ1) is 8.80. The number of hydrogen-bond acceptors (Lipinski definition) is 1. The van der Waals surface area contributed by atoms with E-state index < -0.39 is 23.1 Å². The number of aliphatic hydroxyl groups is 1. The van der Waals surface area contributed by atoms with Crippen molar-refractivity contribution in [1.29, 1.82) is 0 Å². The summed E-state index contributed by atoms with van der Waals surface area (Å²) in [4.78, 5) is 0. The fraction of sp³-hybridized carbons (Fsp3) is 0.143. The summed E-state index contributed by atoms with van der Waals surface area (Å²) in [7, 11) is 0. The summed E-state index contributed by atoms with van der Waals surface area (Å²) in [6, 6.07) is 6.29. The van der Waals surface area contributed by atoms with E-state index in [1.807, 2.05) is 0 Å². The molecule has 1 unspecified atom stereocenters. The van der Waals surface area contributed by atoms with Crippen LogP contribution in [0, 0.1) is 17.5 Å². The van der Waals surface area contributed by atoms with Gasteiger partial charge in [-0.1, -0.05) is 17.7 Å². The largest absolute Gasteiger partial charge is 0.381 e. The number of hydrogen-bond donors (Lipinski definition) is 1. The molecule has 0 bridgehead atoms. The van der Waals surface area contributed by atoms with Gasteiger partial charge in [-0.25, -0.2) is 13.2 Å². The molecule has 0 aliphatic heterocycles. The van der Waals surface area contributed by atoms with Crippen molar-refractivity contribution in [1.82, 2.24) is 0 Å². The van der Waals surface area contributed by atoms with E-state index >= 15 is 0 Å². The van der Waals surface area contributed by atoms with Crippen LogP contribution in [0.25, 0.3) is 0 Å². The van der Waals surface area contributed by atoms with Crippen molar-refractivity contribution in [3.05, 3.63) is 70.0 Å². The minimum atomic E-state index is -1.86. The Bertz CT molecular complexity index is 606. The van der Waals surface area contributed by atoms with Gasteiger partial charge < -0.3 is 5.11 Å². The van der Waals surface area contributed by atoms with E-state index in [-0.39, 0.29) is 16.1 Å². The van der Waals surface area contributed by atoms with Crippen LogP contribution < -0.4 is 0 Å². The molecule has 2 aromatic rings. The third kappa shape index (κ3) is 2.74. The molecule has 0 heterocycles. The highest BCUT2D eigenvalue weighted by Gasteiger charge is 2.29. The maximum Gasteiger partial charge on any atom is 0.131 e. The van der Waals surface area contributed by atoms with Crippen molar-refractivity contribution >= 4 is 11.6 Å². The summed E-state index contributed by atoms with van der Waals surface area (Å²) in [5.41, 5.74) is -2.05. The summed E-state index contributed by atoms with van der Waals surface area (Å²) < 4.78 is 40.1. The van der Waals surface area contributed by atoms with Crippen LogP contribution in [0.15, 0.2) is 36.4 Å². The second-order valence-electron chi connectivity index (χ2n) is 4.35. The second kappa shape index (κ2) is 4.87. The van der Waals surface area contributed by atoms with Gasteiger partial charge in [0.1, 0.15) is 23.1 Å². The van der Waals surface area contributed by atoms with Crippen LogP contribution in [-0.2, 0) is 5.60 Å². The molecule has 0 aliphatic rings. The molecule has 0 aromatic heterocycles. The summed E-state index contributed by atoms with van der Waals surface area (Å²) in [6.45, 7) is 1.26. The van der Waals surface area contributed by atoms with E-state index in [0.717, 1.165) is 18.2 Å². The first-order valence-corrected chi connectivity index (χ1v) is 5.83. The molecule has 0 aliphatic carbocycles. The lowest BCUT2D eigenvalue weighted by Crippen LogP contribution is -2.24. The van der Waals surface area contributed by atoms with Crippen LogP contribution in [0.2, 0.25) is 5.02 Å². The lowest BCUT2D eigenvalue weighted by molar-refractivity contribution is 0.0972. The average Bonchev–Trinajstić information content (AvgIpc) is 2.26. The zero-order valence-electron chi connectivity index (χ0n) is 9.92. The van der Waals surface area contributed by atoms with Crippen molar-refractivity contribution in [3.8, 4) is 0 Å². The Labute approximate surface area is 113 Å². The molecule has 1 atom stereocenters. The SMILES string of the molecule is CC(O)(c1cc(F)cc(F)c1)c1ccc(Cl)cc1F. The van der Waals surface area contributed by atoms with Crippen molar-refractivity contribution < 1.29 is 18.3 Å². The summed E-state index contributed by atoms with van der Waals surface area (Å²) in [5, 5.41) is 10.5. The molecule has 0 fully saturated rings. The van der Waals surface area contributed by atoms with Crippen molar-refractivity contribution in [2.24, 2.45) is 0 Å². The molecule has 19 heavy (non-hydrogen) atoms. The van der Waals surface area contributed by atoms with Gasteiger partial charge >= 0.3 is 0 Å². The smallest absolute Gasteiger partial charge is 0.131 e. The molecule has 2 aromatic carbocycles. The van der Waals surface area contributed by atoms with E-state index in [1.54, 1.807) is 0 Å². The van der Waals surface area contributed by atoms with Gasteiger partial charge in [-0.2, -0.15) is 0 Å². The third-order valence-corrected chi connectivity index (χ3v) is 3.12. The Morgan fingerprint density at radius 1 is 1.00 bits per heavy atom. The van der Waals surface area contributed by atoms with Crippen LogP contribution in [-0.4, -0.2) is 5.11 Å². The van der Waals surface area contributed by atoms with Gasteiger partial charge in [-0.3, -0.25) is 0 Å². The van der Waals surface area contributed by atoms with Gasteiger partial charge in [0.15, 0.2) is 0 Å². The maximum absolute atomic E-state index is 13.8. The average molecular weight is 287 g/mol. The maximum atomic E-state index is 13.8. The number of benzene rings is 2. The highest BCUT2D eigenvalue weighted by Crippen LogP contribution is 2.32. The molecule has 0 saturated carbocycles. The fourth-order valence-electron chi connectivity index (χ4n) is 1.87. The Kier molecular flexibility index (Phi) is 3.56. The van der Waals surface area contributed by atoms with Crippen LogP contribution in [0.1, 0.15) is 18.1 Å². The first kappa shape index (κ1) is 13.9. The zero-order chi connectivity index (χ0) is 14.2. The molecule has 1 nitrogen and oxygen atoms in total. The molecular formula is C14H10ClF3O. The lowest BCUT2D eigenvalue weighted by atomic mass is 9.88. The van der Waals surface area contributed by atoms with Crippen LogP contribution >= 0.6 is 11.6 Å². The monoisotopic (exact) mass is 286 g/mol. The fourth-order valence-corrected chi connectivity index (χ4v) is 2.03. The summed E-state index contributed by atoms with van der Waals surface area (Å²) in [5.74, 6) is -2.43. The van der Waals surface area contributed by atoms with Gasteiger partial charge in [0.25, 0.3) is 0 Å². The number of halogens is 4. The summed E-state index contributed by atoms with van der Waals surface area (Å²) >= 11 is 5.62. The molecule has 1 N–H and O–H groups in total. The Morgan fingerprint density at radius 2 is 1.58 bits per heavy atom. The quantitative estimate of drug-likeness (QED) is 0.884. The minimum Gasteiger partial charge on any atom is -0.381 e. The third-order valence-electron chi connectivity index (χ3n) is 2.88. The minimum absolute atomic E-state index is 0.0776. The molecule has 0 saturated heterocycles.